The molecule has 2 aromatic rings. The first-order valence-corrected chi connectivity index (χ1v) is 6.31. The molecular weight excluding hydrogens is 242 g/mol. The molecule has 0 aliphatic heterocycles. The minimum atomic E-state index is -0.416. The highest BCUT2D eigenvalue weighted by Crippen LogP contribution is 2.08. The van der Waals surface area contributed by atoms with Crippen molar-refractivity contribution in [1.82, 2.24) is 14.9 Å². The maximum Gasteiger partial charge on any atom is 0.282 e. The van der Waals surface area contributed by atoms with Gasteiger partial charge in [0.25, 0.3) is 11.5 Å². The number of rotatable bonds is 3. The Labute approximate surface area is 111 Å². The van der Waals surface area contributed by atoms with Gasteiger partial charge >= 0.3 is 0 Å². The van der Waals surface area contributed by atoms with Crippen molar-refractivity contribution in [1.29, 1.82) is 0 Å². The molecule has 0 aliphatic carbocycles. The van der Waals surface area contributed by atoms with Gasteiger partial charge in [-0.2, -0.15) is 0 Å². The van der Waals surface area contributed by atoms with Gasteiger partial charge in [-0.15, -0.1) is 0 Å². The highest BCUT2D eigenvalue weighted by atomic mass is 16.2. The first-order valence-electron chi connectivity index (χ1n) is 6.31. The van der Waals surface area contributed by atoms with Gasteiger partial charge in [-0.05, 0) is 25.5 Å². The zero-order valence-corrected chi connectivity index (χ0v) is 11.3. The fourth-order valence-electron chi connectivity index (χ4n) is 1.82. The molecule has 0 spiro atoms. The number of benzene rings is 1. The highest BCUT2D eigenvalue weighted by molar-refractivity contribution is 5.94. The monoisotopic (exact) mass is 259 g/mol. The van der Waals surface area contributed by atoms with E-state index in [1.165, 1.54) is 4.57 Å². The van der Waals surface area contributed by atoms with Crippen LogP contribution in [-0.2, 0) is 7.05 Å². The second kappa shape index (κ2) is 5.22. The van der Waals surface area contributed by atoms with E-state index < -0.39 is 5.91 Å². The molecule has 1 unspecified atom stereocenters. The summed E-state index contributed by atoms with van der Waals surface area (Å²) in [5, 5.41) is 2.76. The van der Waals surface area contributed by atoms with Gasteiger partial charge in [0.05, 0.1) is 11.0 Å². The fourth-order valence-corrected chi connectivity index (χ4v) is 1.82. The second-order valence-electron chi connectivity index (χ2n) is 4.60. The smallest absolute Gasteiger partial charge is 0.282 e. The number of hydrogen-bond donors (Lipinski definition) is 1. The lowest BCUT2D eigenvalue weighted by Gasteiger charge is -2.12. The van der Waals surface area contributed by atoms with Crippen LogP contribution in [0.4, 0.5) is 0 Å². The summed E-state index contributed by atoms with van der Waals surface area (Å²) in [5.41, 5.74) is 0.924. The molecule has 1 amide bonds. The van der Waals surface area contributed by atoms with E-state index in [-0.39, 0.29) is 17.3 Å². The van der Waals surface area contributed by atoms with Crippen molar-refractivity contribution in [3.05, 3.63) is 40.3 Å². The molecule has 5 heteroatoms. The topological polar surface area (TPSA) is 64.0 Å². The Hall–Kier alpha value is -2.17. The maximum absolute atomic E-state index is 12.1. The Morgan fingerprint density at radius 3 is 2.79 bits per heavy atom. The van der Waals surface area contributed by atoms with E-state index in [1.807, 2.05) is 26.0 Å². The number of para-hydroxylation sites is 2. The van der Waals surface area contributed by atoms with Crippen LogP contribution in [-0.4, -0.2) is 21.5 Å². The molecule has 0 saturated carbocycles. The van der Waals surface area contributed by atoms with Crippen molar-refractivity contribution in [3.8, 4) is 0 Å². The van der Waals surface area contributed by atoms with Crippen molar-refractivity contribution >= 4 is 16.9 Å². The zero-order valence-electron chi connectivity index (χ0n) is 11.3. The lowest BCUT2D eigenvalue weighted by atomic mass is 10.2. The second-order valence-corrected chi connectivity index (χ2v) is 4.60. The molecule has 0 radical (unpaired) electrons. The third kappa shape index (κ3) is 2.50. The van der Waals surface area contributed by atoms with Crippen molar-refractivity contribution in [3.63, 3.8) is 0 Å². The Bertz CT molecular complexity index is 676. The van der Waals surface area contributed by atoms with Gasteiger partial charge in [-0.3, -0.25) is 9.59 Å². The van der Waals surface area contributed by atoms with Gasteiger partial charge < -0.3 is 9.88 Å². The van der Waals surface area contributed by atoms with Gasteiger partial charge in [0.2, 0.25) is 0 Å². The minimum absolute atomic E-state index is 0.0190. The molecule has 19 heavy (non-hydrogen) atoms. The molecule has 1 heterocycles. The van der Waals surface area contributed by atoms with Crippen molar-refractivity contribution in [2.45, 2.75) is 26.3 Å². The van der Waals surface area contributed by atoms with E-state index in [2.05, 4.69) is 10.3 Å². The lowest BCUT2D eigenvalue weighted by molar-refractivity contribution is 0.0932. The molecule has 100 valence electrons. The number of carbonyl (C=O) groups excluding carboxylic acids is 1. The summed E-state index contributed by atoms with van der Waals surface area (Å²) in [5.74, 6) is -0.416. The number of fused-ring (bicyclic) bond motifs is 1. The Balaban J connectivity index is 2.53. The van der Waals surface area contributed by atoms with E-state index >= 15 is 0 Å². The van der Waals surface area contributed by atoms with Crippen LogP contribution in [0, 0.1) is 0 Å². The van der Waals surface area contributed by atoms with Crippen LogP contribution in [0.25, 0.3) is 11.0 Å². The Kier molecular flexibility index (Phi) is 3.64. The minimum Gasteiger partial charge on any atom is -0.348 e. The molecule has 1 atom stereocenters. The van der Waals surface area contributed by atoms with Crippen LogP contribution >= 0.6 is 0 Å². The Morgan fingerprint density at radius 2 is 2.11 bits per heavy atom. The SMILES string of the molecule is CCC(C)NC(=O)c1nc2ccccc2n(C)c1=O. The molecule has 0 fully saturated rings. The van der Waals surface area contributed by atoms with Gasteiger partial charge in [0.1, 0.15) is 0 Å². The lowest BCUT2D eigenvalue weighted by Crippen LogP contribution is -2.38. The van der Waals surface area contributed by atoms with Gasteiger partial charge in [0, 0.05) is 13.1 Å². The molecule has 5 nitrogen and oxygen atoms in total. The zero-order chi connectivity index (χ0) is 14.0. The molecular formula is C14H17N3O2. The predicted molar refractivity (Wildman–Crippen MR) is 74.2 cm³/mol. The number of hydrogen-bond acceptors (Lipinski definition) is 3. The standard InChI is InChI=1S/C14H17N3O2/c1-4-9(2)15-13(18)12-14(19)17(3)11-8-6-5-7-10(11)16-12/h5-9H,4H2,1-3H3,(H,15,18). The summed E-state index contributed by atoms with van der Waals surface area (Å²) in [6.45, 7) is 3.86. The average molecular weight is 259 g/mol. The summed E-state index contributed by atoms with van der Waals surface area (Å²) in [4.78, 5) is 28.4. The van der Waals surface area contributed by atoms with Crippen molar-refractivity contribution in [2.24, 2.45) is 7.05 Å². The number of nitrogens with zero attached hydrogens (tertiary/aromatic N) is 2. The molecule has 0 aliphatic rings. The molecule has 1 N–H and O–H groups in total. The first-order chi connectivity index (χ1) is 9.04. The average Bonchev–Trinajstić information content (AvgIpc) is 2.42. The van der Waals surface area contributed by atoms with Crippen molar-refractivity contribution < 1.29 is 4.79 Å². The van der Waals surface area contributed by atoms with Crippen LogP contribution in [0.1, 0.15) is 30.8 Å². The quantitative estimate of drug-likeness (QED) is 0.907. The van der Waals surface area contributed by atoms with E-state index in [9.17, 15) is 9.59 Å². The summed E-state index contributed by atoms with van der Waals surface area (Å²) >= 11 is 0. The molecule has 0 bridgehead atoms. The first kappa shape index (κ1) is 13.3. The van der Waals surface area contributed by atoms with Gasteiger partial charge in [0.15, 0.2) is 5.69 Å². The molecule has 0 saturated heterocycles. The number of amides is 1. The summed E-state index contributed by atoms with van der Waals surface area (Å²) in [6.07, 6.45) is 0.805. The third-order valence-electron chi connectivity index (χ3n) is 3.19. The summed E-state index contributed by atoms with van der Waals surface area (Å²) in [6, 6.07) is 7.28. The molecule has 1 aromatic heterocycles. The van der Waals surface area contributed by atoms with E-state index in [1.54, 1.807) is 19.2 Å². The maximum atomic E-state index is 12.1. The fraction of sp³-hybridized carbons (Fsp3) is 0.357. The highest BCUT2D eigenvalue weighted by Gasteiger charge is 2.17. The van der Waals surface area contributed by atoms with Crippen LogP contribution in [0.2, 0.25) is 0 Å². The predicted octanol–water partition coefficient (Wildman–Crippen LogP) is 1.46. The molecule has 2 rings (SSSR count). The summed E-state index contributed by atoms with van der Waals surface area (Å²) in [7, 11) is 1.65. The van der Waals surface area contributed by atoms with E-state index in [0.717, 1.165) is 6.42 Å². The molecule has 1 aromatic carbocycles. The van der Waals surface area contributed by atoms with Crippen LogP contribution in [0.3, 0.4) is 0 Å². The van der Waals surface area contributed by atoms with E-state index in [0.29, 0.717) is 11.0 Å². The Morgan fingerprint density at radius 1 is 1.42 bits per heavy atom. The van der Waals surface area contributed by atoms with E-state index in [4.69, 9.17) is 0 Å². The van der Waals surface area contributed by atoms with Gasteiger partial charge in [-0.1, -0.05) is 19.1 Å². The van der Waals surface area contributed by atoms with Crippen LogP contribution in [0.5, 0.6) is 0 Å². The number of carbonyl (C=O) groups is 1. The van der Waals surface area contributed by atoms with Crippen LogP contribution < -0.4 is 10.9 Å². The van der Waals surface area contributed by atoms with Gasteiger partial charge in [-0.25, -0.2) is 4.98 Å². The number of nitrogens with one attached hydrogen (secondary N) is 1. The normalized spacial score (nSPS) is 12.4. The third-order valence-corrected chi connectivity index (χ3v) is 3.19. The van der Waals surface area contributed by atoms with Crippen molar-refractivity contribution in [2.75, 3.05) is 0 Å². The largest absolute Gasteiger partial charge is 0.348 e. The summed E-state index contributed by atoms with van der Waals surface area (Å²) < 4.78 is 1.45. The number of aromatic nitrogens is 2. The number of aryl methyl sites for hydroxylation is 1. The van der Waals surface area contributed by atoms with Crippen LogP contribution in [0.15, 0.2) is 29.1 Å².